The van der Waals surface area contributed by atoms with Gasteiger partial charge < -0.3 is 15.8 Å². The SMILES string of the molecule is CCCOC(=O)CC.N#Cc1cccc(NCCN)c1. The van der Waals surface area contributed by atoms with E-state index in [1.165, 1.54) is 0 Å². The third-order valence-corrected chi connectivity index (χ3v) is 2.22. The topological polar surface area (TPSA) is 88.1 Å². The normalized spacial score (nSPS) is 8.90. The van der Waals surface area contributed by atoms with Crippen LogP contribution in [0.1, 0.15) is 32.3 Å². The van der Waals surface area contributed by atoms with Crippen LogP contribution < -0.4 is 11.1 Å². The van der Waals surface area contributed by atoms with E-state index in [4.69, 9.17) is 15.7 Å². The number of carbonyl (C=O) groups is 1. The highest BCUT2D eigenvalue weighted by atomic mass is 16.5. The summed E-state index contributed by atoms with van der Waals surface area (Å²) in [6, 6.07) is 9.40. The Hall–Kier alpha value is -2.06. The van der Waals surface area contributed by atoms with Crippen LogP contribution in [0, 0.1) is 11.3 Å². The molecule has 0 fully saturated rings. The second-order valence-electron chi connectivity index (χ2n) is 3.98. The van der Waals surface area contributed by atoms with Crippen LogP contribution in [0.4, 0.5) is 5.69 Å². The highest BCUT2D eigenvalue weighted by Crippen LogP contribution is 2.08. The van der Waals surface area contributed by atoms with Crippen LogP contribution in [0.25, 0.3) is 0 Å². The summed E-state index contributed by atoms with van der Waals surface area (Å²) in [4.78, 5) is 10.3. The summed E-state index contributed by atoms with van der Waals surface area (Å²) in [6.45, 7) is 5.65. The molecule has 0 atom stereocenters. The zero-order chi connectivity index (χ0) is 15.2. The highest BCUT2D eigenvalue weighted by Gasteiger charge is 1.93. The third-order valence-electron chi connectivity index (χ3n) is 2.22. The van der Waals surface area contributed by atoms with Gasteiger partial charge in [-0.05, 0) is 24.6 Å². The lowest BCUT2D eigenvalue weighted by Gasteiger charge is -2.03. The van der Waals surface area contributed by atoms with E-state index < -0.39 is 0 Å². The van der Waals surface area contributed by atoms with E-state index >= 15 is 0 Å². The van der Waals surface area contributed by atoms with Gasteiger partial charge in [0.1, 0.15) is 0 Å². The van der Waals surface area contributed by atoms with Crippen LogP contribution in [0.2, 0.25) is 0 Å². The number of benzene rings is 1. The molecule has 1 aromatic carbocycles. The van der Waals surface area contributed by atoms with Crippen molar-refractivity contribution in [2.45, 2.75) is 26.7 Å². The lowest BCUT2D eigenvalue weighted by atomic mass is 10.2. The Morgan fingerprint density at radius 3 is 2.75 bits per heavy atom. The van der Waals surface area contributed by atoms with Crippen molar-refractivity contribution in [3.8, 4) is 6.07 Å². The highest BCUT2D eigenvalue weighted by molar-refractivity contribution is 5.68. The molecule has 0 bridgehead atoms. The van der Waals surface area contributed by atoms with Crippen LogP contribution in [-0.4, -0.2) is 25.7 Å². The molecule has 5 heteroatoms. The first-order valence-electron chi connectivity index (χ1n) is 6.77. The first-order chi connectivity index (χ1) is 9.67. The van der Waals surface area contributed by atoms with Gasteiger partial charge >= 0.3 is 5.97 Å². The van der Waals surface area contributed by atoms with Gasteiger partial charge in [0.2, 0.25) is 0 Å². The monoisotopic (exact) mass is 277 g/mol. The quantitative estimate of drug-likeness (QED) is 0.779. The van der Waals surface area contributed by atoms with Crippen molar-refractivity contribution in [3.05, 3.63) is 29.8 Å². The first-order valence-corrected chi connectivity index (χ1v) is 6.77. The smallest absolute Gasteiger partial charge is 0.305 e. The Labute approximate surface area is 120 Å². The molecular weight excluding hydrogens is 254 g/mol. The maximum Gasteiger partial charge on any atom is 0.305 e. The van der Waals surface area contributed by atoms with Gasteiger partial charge in [0.25, 0.3) is 0 Å². The second-order valence-corrected chi connectivity index (χ2v) is 3.98. The van der Waals surface area contributed by atoms with Crippen molar-refractivity contribution in [2.24, 2.45) is 5.73 Å². The van der Waals surface area contributed by atoms with E-state index in [0.717, 1.165) is 18.7 Å². The minimum Gasteiger partial charge on any atom is -0.466 e. The summed E-state index contributed by atoms with van der Waals surface area (Å²) >= 11 is 0. The van der Waals surface area contributed by atoms with Crippen molar-refractivity contribution >= 4 is 11.7 Å². The van der Waals surface area contributed by atoms with Crippen LogP contribution in [0.3, 0.4) is 0 Å². The lowest BCUT2D eigenvalue weighted by Crippen LogP contribution is -2.12. The molecular formula is C15H23N3O2. The van der Waals surface area contributed by atoms with Gasteiger partial charge in [-0.25, -0.2) is 0 Å². The second kappa shape index (κ2) is 12.0. The lowest BCUT2D eigenvalue weighted by molar-refractivity contribution is -0.143. The largest absolute Gasteiger partial charge is 0.466 e. The summed E-state index contributed by atoms with van der Waals surface area (Å²) in [5.41, 5.74) is 6.93. The number of nitriles is 1. The first kappa shape index (κ1) is 17.9. The number of hydrogen-bond acceptors (Lipinski definition) is 5. The van der Waals surface area contributed by atoms with Crippen molar-refractivity contribution in [2.75, 3.05) is 25.0 Å². The molecule has 3 N–H and O–H groups in total. The minimum absolute atomic E-state index is 0.105. The molecule has 0 saturated carbocycles. The molecule has 0 radical (unpaired) electrons. The fourth-order valence-electron chi connectivity index (χ4n) is 1.23. The molecule has 0 aromatic heterocycles. The third kappa shape index (κ3) is 8.95. The molecule has 20 heavy (non-hydrogen) atoms. The maximum atomic E-state index is 10.3. The number of nitrogens with zero attached hydrogens (tertiary/aromatic N) is 1. The van der Waals surface area contributed by atoms with Gasteiger partial charge in [0.15, 0.2) is 0 Å². The van der Waals surface area contributed by atoms with Crippen LogP contribution >= 0.6 is 0 Å². The molecule has 0 saturated heterocycles. The van der Waals surface area contributed by atoms with Crippen molar-refractivity contribution in [1.29, 1.82) is 5.26 Å². The van der Waals surface area contributed by atoms with E-state index in [-0.39, 0.29) is 5.97 Å². The summed E-state index contributed by atoms with van der Waals surface area (Å²) in [7, 11) is 0. The molecule has 5 nitrogen and oxygen atoms in total. The number of nitrogens with two attached hydrogens (primary N) is 1. The van der Waals surface area contributed by atoms with Gasteiger partial charge in [-0.3, -0.25) is 4.79 Å². The summed E-state index contributed by atoms with van der Waals surface area (Å²) in [6.07, 6.45) is 1.39. The summed E-state index contributed by atoms with van der Waals surface area (Å²) in [5, 5.41) is 11.7. The molecule has 0 aliphatic carbocycles. The van der Waals surface area contributed by atoms with Gasteiger partial charge in [-0.2, -0.15) is 5.26 Å². The predicted octanol–water partition coefficient (Wildman–Crippen LogP) is 2.28. The fourth-order valence-corrected chi connectivity index (χ4v) is 1.23. The standard InChI is InChI=1S/C9H11N3.C6H12O2/c10-4-5-12-9-3-1-2-8(6-9)7-11;1-3-5-8-6(7)4-2/h1-3,6,12H,4-5,10H2;3-5H2,1-2H3. The average Bonchev–Trinajstić information content (AvgIpc) is 2.51. The molecule has 1 rings (SSSR count). The van der Waals surface area contributed by atoms with Crippen LogP contribution in [-0.2, 0) is 9.53 Å². The van der Waals surface area contributed by atoms with Gasteiger partial charge in [0.05, 0.1) is 18.2 Å². The molecule has 0 aliphatic rings. The maximum absolute atomic E-state index is 10.3. The Bertz CT molecular complexity index is 427. The number of rotatable bonds is 6. The minimum atomic E-state index is -0.105. The molecule has 0 heterocycles. The Balaban J connectivity index is 0.000000396. The van der Waals surface area contributed by atoms with Crippen LogP contribution in [0.15, 0.2) is 24.3 Å². The summed E-state index contributed by atoms with van der Waals surface area (Å²) in [5.74, 6) is -0.105. The van der Waals surface area contributed by atoms with Crippen molar-refractivity contribution < 1.29 is 9.53 Å². The van der Waals surface area contributed by atoms with E-state index in [9.17, 15) is 4.79 Å². The van der Waals surface area contributed by atoms with E-state index in [1.807, 2.05) is 19.1 Å². The number of carbonyl (C=O) groups excluding carboxylic acids is 1. The zero-order valence-corrected chi connectivity index (χ0v) is 12.2. The molecule has 0 unspecified atom stereocenters. The number of ether oxygens (including phenoxy) is 1. The molecule has 0 aliphatic heterocycles. The molecule has 1 aromatic rings. The van der Waals surface area contributed by atoms with Gasteiger partial charge in [-0.15, -0.1) is 0 Å². The fraction of sp³-hybridized carbons (Fsp3) is 0.467. The Morgan fingerprint density at radius 1 is 1.45 bits per heavy atom. The number of esters is 1. The average molecular weight is 277 g/mol. The molecule has 0 amide bonds. The Morgan fingerprint density at radius 2 is 2.20 bits per heavy atom. The predicted molar refractivity (Wildman–Crippen MR) is 80.2 cm³/mol. The zero-order valence-electron chi connectivity index (χ0n) is 12.2. The number of anilines is 1. The van der Waals surface area contributed by atoms with E-state index in [0.29, 0.717) is 25.1 Å². The van der Waals surface area contributed by atoms with Gasteiger partial charge in [0, 0.05) is 25.2 Å². The summed E-state index contributed by atoms with van der Waals surface area (Å²) < 4.78 is 4.70. The van der Waals surface area contributed by atoms with E-state index in [1.54, 1.807) is 19.1 Å². The van der Waals surface area contributed by atoms with Crippen molar-refractivity contribution in [3.63, 3.8) is 0 Å². The number of nitrogens with one attached hydrogen (secondary N) is 1. The number of hydrogen-bond donors (Lipinski definition) is 2. The van der Waals surface area contributed by atoms with E-state index in [2.05, 4.69) is 11.4 Å². The van der Waals surface area contributed by atoms with Crippen molar-refractivity contribution in [1.82, 2.24) is 0 Å². The molecule has 110 valence electrons. The van der Waals surface area contributed by atoms with Gasteiger partial charge in [-0.1, -0.05) is 19.9 Å². The molecule has 0 spiro atoms. The van der Waals surface area contributed by atoms with Crippen LogP contribution in [0.5, 0.6) is 0 Å². The Kier molecular flexibility index (Phi) is 10.8.